The van der Waals surface area contributed by atoms with Gasteiger partial charge in [-0.3, -0.25) is 14.4 Å². The van der Waals surface area contributed by atoms with Crippen molar-refractivity contribution in [1.29, 1.82) is 0 Å². The summed E-state index contributed by atoms with van der Waals surface area (Å²) in [5, 5.41) is 14.9. The Morgan fingerprint density at radius 3 is 2.62 bits per heavy atom. The smallest absolute Gasteiger partial charge is 0.250 e. The molecule has 3 amide bonds. The van der Waals surface area contributed by atoms with Crippen molar-refractivity contribution in [2.75, 3.05) is 25.5 Å². The van der Waals surface area contributed by atoms with Crippen LogP contribution in [0.2, 0.25) is 0 Å². The highest BCUT2D eigenvalue weighted by molar-refractivity contribution is 6.04. The van der Waals surface area contributed by atoms with E-state index >= 15 is 0 Å². The van der Waals surface area contributed by atoms with Crippen molar-refractivity contribution >= 4 is 23.4 Å². The molecule has 34 heavy (non-hydrogen) atoms. The highest BCUT2D eigenvalue weighted by atomic mass is 16.5. The maximum Gasteiger partial charge on any atom is 0.250 e. The zero-order valence-electron chi connectivity index (χ0n) is 20.8. The van der Waals surface area contributed by atoms with Crippen LogP contribution in [-0.4, -0.2) is 65.2 Å². The van der Waals surface area contributed by atoms with Crippen molar-refractivity contribution in [2.45, 2.75) is 70.6 Å². The van der Waals surface area contributed by atoms with Crippen LogP contribution in [-0.2, 0) is 19.1 Å². The second-order valence-corrected chi connectivity index (χ2v) is 10.4. The maximum absolute atomic E-state index is 13.9. The summed E-state index contributed by atoms with van der Waals surface area (Å²) >= 11 is 0. The Labute approximate surface area is 201 Å². The monoisotopic (exact) mass is 471 g/mol. The summed E-state index contributed by atoms with van der Waals surface area (Å²) in [4.78, 5) is 42.4. The Balaban J connectivity index is 1.73. The van der Waals surface area contributed by atoms with Crippen molar-refractivity contribution < 1.29 is 24.2 Å². The Morgan fingerprint density at radius 2 is 1.94 bits per heavy atom. The van der Waals surface area contributed by atoms with Crippen molar-refractivity contribution in [3.63, 3.8) is 0 Å². The minimum Gasteiger partial charge on any atom is -0.396 e. The van der Waals surface area contributed by atoms with Gasteiger partial charge in [0.2, 0.25) is 17.7 Å². The van der Waals surface area contributed by atoms with Gasteiger partial charge in [0.25, 0.3) is 0 Å². The normalized spacial score (nSPS) is 33.8. The lowest BCUT2D eigenvalue weighted by atomic mass is 9.62. The van der Waals surface area contributed by atoms with Crippen molar-refractivity contribution in [2.24, 2.45) is 17.8 Å². The first kappa shape index (κ1) is 24.7. The standard InChI is InChI=1S/C26H37N3O5/c1-15-9-10-16(2)18(13-15)28-23(32)21-26-14-17(3)25(4,34-26)19(22(31)27-5)20(26)24(33)29(21)11-7-6-8-12-30/h9-10,13,17,19-21,30H,6-8,11-12,14H2,1-5H3,(H,27,31)(H,28,32)/t17?,19-,20+,21?,25+,26?/m1/s1. The molecule has 0 radical (unpaired) electrons. The number of hydrogen-bond donors (Lipinski definition) is 3. The molecule has 186 valence electrons. The van der Waals surface area contributed by atoms with E-state index in [1.807, 2.05) is 45.9 Å². The number of nitrogens with one attached hydrogen (secondary N) is 2. The third-order valence-electron chi connectivity index (χ3n) is 8.30. The van der Waals surface area contributed by atoms with E-state index in [1.165, 1.54) is 0 Å². The molecular formula is C26H37N3O5. The molecule has 0 aliphatic carbocycles. The molecule has 8 heteroatoms. The number of nitrogens with zero attached hydrogens (tertiary/aromatic N) is 1. The Hall–Kier alpha value is -2.45. The Morgan fingerprint density at radius 1 is 1.21 bits per heavy atom. The number of unbranched alkanes of at least 4 members (excludes halogenated alkanes) is 2. The number of rotatable bonds is 8. The van der Waals surface area contributed by atoms with Gasteiger partial charge in [-0.1, -0.05) is 19.1 Å². The fraction of sp³-hybridized carbons (Fsp3) is 0.654. The summed E-state index contributed by atoms with van der Waals surface area (Å²) in [6.07, 6.45) is 2.60. The third kappa shape index (κ3) is 3.62. The quantitative estimate of drug-likeness (QED) is 0.504. The molecule has 8 nitrogen and oxygen atoms in total. The molecule has 6 atom stereocenters. The molecule has 3 unspecified atom stereocenters. The molecule has 3 N–H and O–H groups in total. The van der Waals surface area contributed by atoms with E-state index in [0.717, 1.165) is 17.5 Å². The molecule has 4 rings (SSSR count). The maximum atomic E-state index is 13.9. The Bertz CT molecular complexity index is 997. The van der Waals surface area contributed by atoms with Gasteiger partial charge in [-0.25, -0.2) is 0 Å². The molecule has 1 aromatic rings. The van der Waals surface area contributed by atoms with E-state index in [9.17, 15) is 14.4 Å². The summed E-state index contributed by atoms with van der Waals surface area (Å²) < 4.78 is 6.65. The first-order chi connectivity index (χ1) is 16.1. The van der Waals surface area contributed by atoms with Crippen LogP contribution in [0.15, 0.2) is 18.2 Å². The van der Waals surface area contributed by atoms with Crippen LogP contribution in [0.5, 0.6) is 0 Å². The summed E-state index contributed by atoms with van der Waals surface area (Å²) in [7, 11) is 1.58. The molecule has 1 aromatic carbocycles. The fourth-order valence-corrected chi connectivity index (χ4v) is 6.48. The van der Waals surface area contributed by atoms with Gasteiger partial charge < -0.3 is 25.4 Å². The number of aliphatic hydroxyl groups is 1. The van der Waals surface area contributed by atoms with E-state index in [-0.39, 0.29) is 30.2 Å². The highest BCUT2D eigenvalue weighted by Crippen LogP contribution is 2.65. The number of ether oxygens (including phenoxy) is 1. The van der Waals surface area contributed by atoms with Crippen LogP contribution in [0.25, 0.3) is 0 Å². The summed E-state index contributed by atoms with van der Waals surface area (Å²) in [5.74, 6) is -2.00. The lowest BCUT2D eigenvalue weighted by molar-refractivity contribution is -0.146. The van der Waals surface area contributed by atoms with Crippen molar-refractivity contribution in [3.05, 3.63) is 29.3 Å². The Kier molecular flexibility index (Phi) is 6.50. The molecule has 0 saturated carbocycles. The molecular weight excluding hydrogens is 434 g/mol. The minimum atomic E-state index is -1.04. The SMILES string of the molecule is CNC(=O)[C@H]1[C@H]2C(=O)N(CCCCCO)C(C(=O)Nc3cc(C)ccc3C)C23CC(C)[C@]1(C)O3. The van der Waals surface area contributed by atoms with Gasteiger partial charge in [-0.05, 0) is 69.6 Å². The van der Waals surface area contributed by atoms with E-state index in [1.54, 1.807) is 11.9 Å². The molecule has 1 spiro atoms. The summed E-state index contributed by atoms with van der Waals surface area (Å²) in [5.41, 5.74) is 0.834. The number of fused-ring (bicyclic) bond motifs is 1. The van der Waals surface area contributed by atoms with E-state index in [2.05, 4.69) is 10.6 Å². The number of aliphatic hydroxyl groups excluding tert-OH is 1. The molecule has 3 heterocycles. The first-order valence-electron chi connectivity index (χ1n) is 12.3. The molecule has 3 aliphatic rings. The van der Waals surface area contributed by atoms with Gasteiger partial charge in [0.1, 0.15) is 11.6 Å². The van der Waals surface area contributed by atoms with Crippen molar-refractivity contribution in [3.8, 4) is 0 Å². The topological polar surface area (TPSA) is 108 Å². The van der Waals surface area contributed by atoms with Gasteiger partial charge in [-0.2, -0.15) is 0 Å². The first-order valence-corrected chi connectivity index (χ1v) is 12.3. The highest BCUT2D eigenvalue weighted by Gasteiger charge is 2.79. The van der Waals surface area contributed by atoms with Crippen LogP contribution in [0.1, 0.15) is 50.7 Å². The molecule has 0 aromatic heterocycles. The number of carbonyl (C=O) groups is 3. The van der Waals surface area contributed by atoms with Crippen LogP contribution in [0.4, 0.5) is 5.69 Å². The number of benzene rings is 1. The van der Waals surface area contributed by atoms with Crippen LogP contribution in [0.3, 0.4) is 0 Å². The van der Waals surface area contributed by atoms with E-state index < -0.39 is 29.1 Å². The molecule has 3 aliphatic heterocycles. The van der Waals surface area contributed by atoms with Gasteiger partial charge in [0.15, 0.2) is 0 Å². The molecule has 3 fully saturated rings. The summed E-state index contributed by atoms with van der Waals surface area (Å²) in [6, 6.07) is 5.05. The average Bonchev–Trinajstić information content (AvgIpc) is 3.30. The van der Waals surface area contributed by atoms with Gasteiger partial charge in [0, 0.05) is 25.9 Å². The number of likely N-dealkylation sites (tertiary alicyclic amines) is 1. The van der Waals surface area contributed by atoms with Crippen molar-refractivity contribution in [1.82, 2.24) is 10.2 Å². The third-order valence-corrected chi connectivity index (χ3v) is 8.30. The van der Waals surface area contributed by atoms with Gasteiger partial charge >= 0.3 is 0 Å². The largest absolute Gasteiger partial charge is 0.396 e. The lowest BCUT2D eigenvalue weighted by Gasteiger charge is -2.36. The minimum absolute atomic E-state index is 0.0178. The number of hydrogen-bond acceptors (Lipinski definition) is 5. The molecule has 2 bridgehead atoms. The second-order valence-electron chi connectivity index (χ2n) is 10.4. The van der Waals surface area contributed by atoms with Crippen LogP contribution >= 0.6 is 0 Å². The predicted octanol–water partition coefficient (Wildman–Crippen LogP) is 2.16. The van der Waals surface area contributed by atoms with Crippen LogP contribution < -0.4 is 10.6 Å². The number of carbonyl (C=O) groups excluding carboxylic acids is 3. The fourth-order valence-electron chi connectivity index (χ4n) is 6.48. The zero-order chi connectivity index (χ0) is 24.8. The molecule has 3 saturated heterocycles. The number of aryl methyl sites for hydroxylation is 2. The number of amides is 3. The lowest BCUT2D eigenvalue weighted by Crippen LogP contribution is -2.54. The number of anilines is 1. The van der Waals surface area contributed by atoms with Gasteiger partial charge in [-0.15, -0.1) is 0 Å². The van der Waals surface area contributed by atoms with Gasteiger partial charge in [0.05, 0.1) is 17.4 Å². The average molecular weight is 472 g/mol. The predicted molar refractivity (Wildman–Crippen MR) is 128 cm³/mol. The van der Waals surface area contributed by atoms with Crippen LogP contribution in [0, 0.1) is 31.6 Å². The van der Waals surface area contributed by atoms with E-state index in [4.69, 9.17) is 9.84 Å². The second kappa shape index (κ2) is 8.96. The summed E-state index contributed by atoms with van der Waals surface area (Å²) in [6.45, 7) is 8.32. The van der Waals surface area contributed by atoms with E-state index in [0.29, 0.717) is 31.5 Å². The zero-order valence-corrected chi connectivity index (χ0v) is 20.8.